The summed E-state index contributed by atoms with van der Waals surface area (Å²) in [7, 11) is 0. The molecule has 0 aliphatic carbocycles. The minimum Gasteiger partial charge on any atom is -0.454 e. The van der Waals surface area contributed by atoms with Gasteiger partial charge in [0.25, 0.3) is 0 Å². The number of hydrogen-bond acceptors (Lipinski definition) is 5. The van der Waals surface area contributed by atoms with Gasteiger partial charge < -0.3 is 14.8 Å². The summed E-state index contributed by atoms with van der Waals surface area (Å²) in [6.45, 7) is 8.34. The number of amides is 1. The van der Waals surface area contributed by atoms with E-state index in [4.69, 9.17) is 9.47 Å². The highest BCUT2D eigenvalue weighted by Gasteiger charge is 2.19. The maximum Gasteiger partial charge on any atom is 0.248 e. The van der Waals surface area contributed by atoms with E-state index in [9.17, 15) is 4.79 Å². The van der Waals surface area contributed by atoms with Crippen LogP contribution in [0.2, 0.25) is 0 Å². The summed E-state index contributed by atoms with van der Waals surface area (Å²) in [4.78, 5) is 17.5. The Balaban J connectivity index is 0.961. The molecule has 2 heterocycles. The number of fused-ring (bicyclic) bond motifs is 1. The van der Waals surface area contributed by atoms with Gasteiger partial charge in [0, 0.05) is 51.0 Å². The molecule has 41 heavy (non-hydrogen) atoms. The fourth-order valence-corrected chi connectivity index (χ4v) is 5.28. The van der Waals surface area contributed by atoms with Crippen LogP contribution in [-0.4, -0.2) is 48.7 Å². The van der Waals surface area contributed by atoms with Crippen molar-refractivity contribution in [1.82, 2.24) is 9.80 Å². The number of nitrogens with zero attached hydrogens (tertiary/aromatic N) is 2. The van der Waals surface area contributed by atoms with Crippen LogP contribution >= 0.6 is 0 Å². The van der Waals surface area contributed by atoms with Gasteiger partial charge in [0.2, 0.25) is 12.7 Å². The fourth-order valence-electron chi connectivity index (χ4n) is 5.28. The SMILES string of the molecule is Cc1ccc(-c2cccc(C=CC(=O)Nc3ccc(CN4CCN(Cc5ccc6c(c5)OCO6)CC4)cc3)c2)cc1. The minimum atomic E-state index is -0.142. The molecule has 4 aromatic carbocycles. The van der Waals surface area contributed by atoms with Gasteiger partial charge in [0.15, 0.2) is 11.5 Å². The Labute approximate surface area is 241 Å². The average Bonchev–Trinajstić information content (AvgIpc) is 3.47. The van der Waals surface area contributed by atoms with Gasteiger partial charge in [-0.15, -0.1) is 0 Å². The second-order valence-corrected chi connectivity index (χ2v) is 10.8. The third-order valence-corrected chi connectivity index (χ3v) is 7.63. The van der Waals surface area contributed by atoms with E-state index in [-0.39, 0.29) is 5.91 Å². The lowest BCUT2D eigenvalue weighted by atomic mass is 10.0. The maximum atomic E-state index is 12.6. The number of rotatable bonds is 8. The van der Waals surface area contributed by atoms with Crippen LogP contribution in [0, 0.1) is 6.92 Å². The van der Waals surface area contributed by atoms with E-state index in [2.05, 4.69) is 82.7 Å². The zero-order valence-corrected chi connectivity index (χ0v) is 23.4. The molecular formula is C35H35N3O3. The summed E-state index contributed by atoms with van der Waals surface area (Å²) >= 11 is 0. The number of ether oxygens (including phenoxy) is 2. The highest BCUT2D eigenvalue weighted by Crippen LogP contribution is 2.33. The molecule has 0 spiro atoms. The highest BCUT2D eigenvalue weighted by atomic mass is 16.7. The van der Waals surface area contributed by atoms with E-state index in [1.165, 1.54) is 22.3 Å². The van der Waals surface area contributed by atoms with E-state index >= 15 is 0 Å². The number of hydrogen-bond donors (Lipinski definition) is 1. The third kappa shape index (κ3) is 7.04. The quantitative estimate of drug-likeness (QED) is 0.261. The van der Waals surface area contributed by atoms with E-state index in [0.29, 0.717) is 6.79 Å². The van der Waals surface area contributed by atoms with Crippen molar-refractivity contribution in [2.24, 2.45) is 0 Å². The third-order valence-electron chi connectivity index (χ3n) is 7.63. The average molecular weight is 546 g/mol. The Morgan fingerprint density at radius 2 is 1.44 bits per heavy atom. The largest absolute Gasteiger partial charge is 0.454 e. The molecule has 1 fully saturated rings. The first-order valence-corrected chi connectivity index (χ1v) is 14.2. The van der Waals surface area contributed by atoms with Crippen LogP contribution < -0.4 is 14.8 Å². The molecule has 2 aliphatic rings. The van der Waals surface area contributed by atoms with Gasteiger partial charge in [-0.05, 0) is 71.1 Å². The van der Waals surface area contributed by atoms with E-state index < -0.39 is 0 Å². The number of aryl methyl sites for hydroxylation is 1. The van der Waals surface area contributed by atoms with Crippen LogP contribution in [0.4, 0.5) is 5.69 Å². The Bertz CT molecular complexity index is 1520. The smallest absolute Gasteiger partial charge is 0.248 e. The second kappa shape index (κ2) is 12.4. The van der Waals surface area contributed by atoms with Crippen LogP contribution in [0.25, 0.3) is 17.2 Å². The minimum absolute atomic E-state index is 0.142. The van der Waals surface area contributed by atoms with Gasteiger partial charge >= 0.3 is 0 Å². The molecule has 0 unspecified atom stereocenters. The Hall–Kier alpha value is -4.39. The van der Waals surface area contributed by atoms with Crippen molar-refractivity contribution >= 4 is 17.7 Å². The van der Waals surface area contributed by atoms with Crippen molar-refractivity contribution in [3.8, 4) is 22.6 Å². The Kier molecular flexibility index (Phi) is 8.12. The summed E-state index contributed by atoms with van der Waals surface area (Å²) < 4.78 is 10.9. The number of anilines is 1. The van der Waals surface area contributed by atoms with E-state index in [1.54, 1.807) is 6.08 Å². The van der Waals surface area contributed by atoms with Gasteiger partial charge in [-0.3, -0.25) is 14.6 Å². The zero-order valence-electron chi connectivity index (χ0n) is 23.4. The summed E-state index contributed by atoms with van der Waals surface area (Å²) in [5, 5.41) is 2.98. The summed E-state index contributed by atoms with van der Waals surface area (Å²) in [5.74, 6) is 1.54. The van der Waals surface area contributed by atoms with Crippen LogP contribution in [0.3, 0.4) is 0 Å². The van der Waals surface area contributed by atoms with Gasteiger partial charge in [-0.1, -0.05) is 66.2 Å². The van der Waals surface area contributed by atoms with Gasteiger partial charge in [-0.2, -0.15) is 0 Å². The lowest BCUT2D eigenvalue weighted by Crippen LogP contribution is -2.45. The monoisotopic (exact) mass is 545 g/mol. The van der Waals surface area contributed by atoms with Crippen LogP contribution in [0.15, 0.2) is 97.1 Å². The first kappa shape index (κ1) is 26.8. The first-order chi connectivity index (χ1) is 20.1. The van der Waals surface area contributed by atoms with Crippen molar-refractivity contribution in [2.75, 3.05) is 38.3 Å². The fraction of sp³-hybridized carbons (Fsp3) is 0.229. The highest BCUT2D eigenvalue weighted by molar-refractivity contribution is 6.02. The van der Waals surface area contributed by atoms with Crippen molar-refractivity contribution < 1.29 is 14.3 Å². The van der Waals surface area contributed by atoms with E-state index in [1.807, 2.05) is 36.4 Å². The number of piperazine rings is 1. The maximum absolute atomic E-state index is 12.6. The van der Waals surface area contributed by atoms with Gasteiger partial charge in [-0.25, -0.2) is 0 Å². The lowest BCUT2D eigenvalue weighted by molar-refractivity contribution is -0.111. The molecule has 0 saturated carbocycles. The zero-order chi connectivity index (χ0) is 28.0. The molecule has 0 radical (unpaired) electrons. The molecule has 0 aromatic heterocycles. The molecule has 0 bridgehead atoms. The molecule has 208 valence electrons. The Morgan fingerprint density at radius 1 is 0.756 bits per heavy atom. The predicted octanol–water partition coefficient (Wildman–Crippen LogP) is 6.36. The predicted molar refractivity (Wildman–Crippen MR) is 164 cm³/mol. The Morgan fingerprint density at radius 3 is 2.20 bits per heavy atom. The number of carbonyl (C=O) groups excluding carboxylic acids is 1. The number of nitrogens with one attached hydrogen (secondary N) is 1. The van der Waals surface area contributed by atoms with Crippen LogP contribution in [-0.2, 0) is 17.9 Å². The summed E-state index contributed by atoms with van der Waals surface area (Å²) in [6, 6.07) is 31.1. The molecule has 2 aliphatic heterocycles. The molecule has 6 rings (SSSR count). The van der Waals surface area contributed by atoms with Crippen molar-refractivity contribution in [3.05, 3.63) is 119 Å². The molecular weight excluding hydrogens is 510 g/mol. The summed E-state index contributed by atoms with van der Waals surface area (Å²) in [6.07, 6.45) is 3.44. The molecule has 6 heteroatoms. The van der Waals surface area contributed by atoms with Crippen molar-refractivity contribution in [1.29, 1.82) is 0 Å². The molecule has 1 amide bonds. The van der Waals surface area contributed by atoms with Crippen LogP contribution in [0.1, 0.15) is 22.3 Å². The summed E-state index contributed by atoms with van der Waals surface area (Å²) in [5.41, 5.74) is 7.83. The van der Waals surface area contributed by atoms with Crippen molar-refractivity contribution in [2.45, 2.75) is 20.0 Å². The van der Waals surface area contributed by atoms with Gasteiger partial charge in [0.05, 0.1) is 0 Å². The molecule has 0 atom stereocenters. The van der Waals surface area contributed by atoms with Crippen LogP contribution in [0.5, 0.6) is 11.5 Å². The topological polar surface area (TPSA) is 54.0 Å². The standard InChI is InChI=1S/C35H35N3O3/c1-26-5-11-30(12-6-26)31-4-2-3-27(21-31)10-16-35(39)36-32-13-7-28(8-14-32)23-37-17-19-38(20-18-37)24-29-9-15-33-34(22-29)41-25-40-33/h2-16,21-22H,17-20,23-25H2,1H3,(H,36,39). The van der Waals surface area contributed by atoms with E-state index in [0.717, 1.165) is 67.6 Å². The first-order valence-electron chi connectivity index (χ1n) is 14.2. The van der Waals surface area contributed by atoms with Gasteiger partial charge in [0.1, 0.15) is 0 Å². The molecule has 6 nitrogen and oxygen atoms in total. The second-order valence-electron chi connectivity index (χ2n) is 10.8. The lowest BCUT2D eigenvalue weighted by Gasteiger charge is -2.34. The molecule has 1 N–H and O–H groups in total. The van der Waals surface area contributed by atoms with Crippen molar-refractivity contribution in [3.63, 3.8) is 0 Å². The molecule has 1 saturated heterocycles. The normalized spacial score (nSPS) is 15.3. The number of benzene rings is 4. The molecule has 4 aromatic rings. The number of carbonyl (C=O) groups is 1.